The summed E-state index contributed by atoms with van der Waals surface area (Å²) in [6, 6.07) is 12.7. The lowest BCUT2D eigenvalue weighted by Crippen LogP contribution is -2.35. The number of fused-ring (bicyclic) bond motifs is 1. The van der Waals surface area contributed by atoms with Crippen LogP contribution in [-0.2, 0) is 11.3 Å². The minimum absolute atomic E-state index is 0.826. The van der Waals surface area contributed by atoms with Gasteiger partial charge < -0.3 is 9.47 Å². The van der Waals surface area contributed by atoms with Crippen LogP contribution < -0.4 is 4.74 Å². The summed E-state index contributed by atoms with van der Waals surface area (Å²) in [6.45, 7) is 4.56. The third-order valence-electron chi connectivity index (χ3n) is 3.70. The van der Waals surface area contributed by atoms with Gasteiger partial charge in [0.25, 0.3) is 0 Å². The fourth-order valence-electron chi connectivity index (χ4n) is 2.65. The Morgan fingerprint density at radius 2 is 1.89 bits per heavy atom. The van der Waals surface area contributed by atoms with Crippen LogP contribution in [0.25, 0.3) is 10.8 Å². The molecule has 1 aliphatic heterocycles. The van der Waals surface area contributed by atoms with E-state index in [0.29, 0.717) is 0 Å². The number of morpholine rings is 1. The number of hydrogen-bond acceptors (Lipinski definition) is 3. The van der Waals surface area contributed by atoms with Crippen molar-refractivity contribution < 1.29 is 9.47 Å². The summed E-state index contributed by atoms with van der Waals surface area (Å²) in [5, 5.41) is 2.56. The number of nitrogens with zero attached hydrogens (tertiary/aromatic N) is 1. The van der Waals surface area contributed by atoms with Gasteiger partial charge in [0, 0.05) is 25.2 Å². The van der Waals surface area contributed by atoms with Crippen LogP contribution in [0.15, 0.2) is 36.4 Å². The number of methoxy groups -OCH3 is 1. The van der Waals surface area contributed by atoms with E-state index in [9.17, 15) is 0 Å². The van der Waals surface area contributed by atoms with Crippen molar-refractivity contribution in [1.29, 1.82) is 0 Å². The Bertz CT molecular complexity index is 562. The van der Waals surface area contributed by atoms with Crippen LogP contribution in [0, 0.1) is 0 Å². The van der Waals surface area contributed by atoms with Crippen LogP contribution in [0.2, 0.25) is 0 Å². The molecule has 0 N–H and O–H groups in total. The van der Waals surface area contributed by atoms with Gasteiger partial charge in [0.15, 0.2) is 0 Å². The van der Waals surface area contributed by atoms with Crippen molar-refractivity contribution >= 4 is 10.8 Å². The van der Waals surface area contributed by atoms with Gasteiger partial charge in [-0.1, -0.05) is 30.3 Å². The number of ether oxygens (including phenoxy) is 2. The molecule has 0 unspecified atom stereocenters. The van der Waals surface area contributed by atoms with Gasteiger partial charge in [0.2, 0.25) is 0 Å². The van der Waals surface area contributed by atoms with Crippen molar-refractivity contribution in [2.45, 2.75) is 6.54 Å². The Kier molecular flexibility index (Phi) is 3.67. The monoisotopic (exact) mass is 257 g/mol. The van der Waals surface area contributed by atoms with E-state index in [1.807, 2.05) is 0 Å². The topological polar surface area (TPSA) is 21.7 Å². The highest BCUT2D eigenvalue weighted by molar-refractivity contribution is 5.87. The van der Waals surface area contributed by atoms with Gasteiger partial charge >= 0.3 is 0 Å². The molecule has 2 aromatic carbocycles. The first-order chi connectivity index (χ1) is 9.38. The molecule has 0 radical (unpaired) electrons. The Hall–Kier alpha value is -1.58. The quantitative estimate of drug-likeness (QED) is 0.844. The van der Waals surface area contributed by atoms with Gasteiger partial charge in [-0.05, 0) is 16.8 Å². The lowest BCUT2D eigenvalue weighted by molar-refractivity contribution is 0.0341. The molecule has 3 rings (SSSR count). The van der Waals surface area contributed by atoms with Crippen molar-refractivity contribution in [3.63, 3.8) is 0 Å². The lowest BCUT2D eigenvalue weighted by atomic mass is 10.0. The van der Waals surface area contributed by atoms with Crippen LogP contribution in [0.4, 0.5) is 0 Å². The Morgan fingerprint density at radius 3 is 2.68 bits per heavy atom. The molecule has 2 aromatic rings. The molecule has 100 valence electrons. The van der Waals surface area contributed by atoms with Crippen molar-refractivity contribution in [3.05, 3.63) is 42.0 Å². The third kappa shape index (κ3) is 2.57. The van der Waals surface area contributed by atoms with Gasteiger partial charge in [0.1, 0.15) is 5.75 Å². The highest BCUT2D eigenvalue weighted by atomic mass is 16.5. The Balaban J connectivity index is 1.98. The molecule has 3 nitrogen and oxygen atoms in total. The average Bonchev–Trinajstić information content (AvgIpc) is 2.49. The second kappa shape index (κ2) is 5.59. The Labute approximate surface area is 113 Å². The van der Waals surface area contributed by atoms with Gasteiger partial charge in [0.05, 0.1) is 20.3 Å². The fourth-order valence-corrected chi connectivity index (χ4v) is 2.65. The zero-order valence-corrected chi connectivity index (χ0v) is 11.3. The molecule has 0 bridgehead atoms. The second-order valence-electron chi connectivity index (χ2n) is 4.86. The van der Waals surface area contributed by atoms with Gasteiger partial charge in [-0.25, -0.2) is 0 Å². The summed E-state index contributed by atoms with van der Waals surface area (Å²) in [7, 11) is 1.74. The molecule has 1 aliphatic rings. The largest absolute Gasteiger partial charge is 0.496 e. The van der Waals surface area contributed by atoms with E-state index in [1.54, 1.807) is 7.11 Å². The van der Waals surface area contributed by atoms with Crippen LogP contribution >= 0.6 is 0 Å². The molecule has 0 spiro atoms. The van der Waals surface area contributed by atoms with Gasteiger partial charge in [-0.15, -0.1) is 0 Å². The van der Waals surface area contributed by atoms with Crippen molar-refractivity contribution in [2.24, 2.45) is 0 Å². The molecular formula is C16H19NO2. The Morgan fingerprint density at radius 1 is 1.11 bits per heavy atom. The van der Waals surface area contributed by atoms with Crippen LogP contribution in [0.1, 0.15) is 5.56 Å². The summed E-state index contributed by atoms with van der Waals surface area (Å²) in [5.41, 5.74) is 1.28. The van der Waals surface area contributed by atoms with E-state index in [0.717, 1.165) is 38.6 Å². The molecule has 0 aromatic heterocycles. The highest BCUT2D eigenvalue weighted by Crippen LogP contribution is 2.29. The van der Waals surface area contributed by atoms with Gasteiger partial charge in [-0.2, -0.15) is 0 Å². The third-order valence-corrected chi connectivity index (χ3v) is 3.70. The second-order valence-corrected chi connectivity index (χ2v) is 4.86. The molecule has 1 saturated heterocycles. The molecule has 1 fully saturated rings. The van der Waals surface area contributed by atoms with E-state index in [2.05, 4.69) is 41.3 Å². The maximum atomic E-state index is 5.54. The van der Waals surface area contributed by atoms with E-state index >= 15 is 0 Å². The van der Waals surface area contributed by atoms with E-state index in [-0.39, 0.29) is 0 Å². The summed E-state index contributed by atoms with van der Waals surface area (Å²) < 4.78 is 10.9. The summed E-state index contributed by atoms with van der Waals surface area (Å²) in [6.07, 6.45) is 0. The predicted octanol–water partition coefficient (Wildman–Crippen LogP) is 2.68. The predicted molar refractivity (Wildman–Crippen MR) is 76.6 cm³/mol. The fraction of sp³-hybridized carbons (Fsp3) is 0.375. The maximum Gasteiger partial charge on any atom is 0.123 e. The van der Waals surface area contributed by atoms with E-state index in [4.69, 9.17) is 9.47 Å². The number of rotatable bonds is 3. The first kappa shape index (κ1) is 12.5. The lowest BCUT2D eigenvalue weighted by Gasteiger charge is -2.27. The summed E-state index contributed by atoms with van der Waals surface area (Å²) in [5.74, 6) is 0.977. The molecule has 1 heterocycles. The summed E-state index contributed by atoms with van der Waals surface area (Å²) in [4.78, 5) is 2.42. The average molecular weight is 257 g/mol. The molecule has 0 atom stereocenters. The molecule has 19 heavy (non-hydrogen) atoms. The van der Waals surface area contributed by atoms with Crippen molar-refractivity contribution in [2.75, 3.05) is 33.4 Å². The van der Waals surface area contributed by atoms with E-state index < -0.39 is 0 Å². The number of benzene rings is 2. The smallest absolute Gasteiger partial charge is 0.123 e. The normalized spacial score (nSPS) is 16.7. The molecule has 0 saturated carbocycles. The minimum Gasteiger partial charge on any atom is -0.496 e. The number of hydrogen-bond donors (Lipinski definition) is 0. The van der Waals surface area contributed by atoms with Crippen LogP contribution in [0.3, 0.4) is 0 Å². The molecular weight excluding hydrogens is 238 g/mol. The first-order valence-electron chi connectivity index (χ1n) is 6.73. The zero-order chi connectivity index (χ0) is 13.1. The van der Waals surface area contributed by atoms with Crippen LogP contribution in [-0.4, -0.2) is 38.3 Å². The van der Waals surface area contributed by atoms with Gasteiger partial charge in [-0.3, -0.25) is 4.90 Å². The standard InChI is InChI=1S/C16H19NO2/c1-18-16-7-6-13-4-2-3-5-14(13)15(16)12-17-8-10-19-11-9-17/h2-7H,8-12H2,1H3. The maximum absolute atomic E-state index is 5.54. The first-order valence-corrected chi connectivity index (χ1v) is 6.73. The summed E-state index contributed by atoms with van der Waals surface area (Å²) >= 11 is 0. The SMILES string of the molecule is COc1ccc2ccccc2c1CN1CCOCC1. The van der Waals surface area contributed by atoms with Crippen molar-refractivity contribution in [1.82, 2.24) is 4.90 Å². The van der Waals surface area contributed by atoms with E-state index in [1.165, 1.54) is 16.3 Å². The zero-order valence-electron chi connectivity index (χ0n) is 11.3. The van der Waals surface area contributed by atoms with Crippen LogP contribution in [0.5, 0.6) is 5.75 Å². The minimum atomic E-state index is 0.826. The molecule has 3 heteroatoms. The molecule has 0 amide bonds. The highest BCUT2D eigenvalue weighted by Gasteiger charge is 2.15. The molecule has 0 aliphatic carbocycles. The van der Waals surface area contributed by atoms with Crippen molar-refractivity contribution in [3.8, 4) is 5.75 Å².